The quantitative estimate of drug-likeness (QED) is 0.405. The van der Waals surface area contributed by atoms with Crippen molar-refractivity contribution < 1.29 is 9.57 Å². The van der Waals surface area contributed by atoms with E-state index < -0.39 is 0 Å². The fourth-order valence-electron chi connectivity index (χ4n) is 0.678. The maximum Gasteiger partial charge on any atom is 0.172 e. The SMILES string of the molecule is COCONc1ccccc1. The first-order valence-corrected chi connectivity index (χ1v) is 3.35. The molecule has 60 valence electrons. The van der Waals surface area contributed by atoms with Crippen LogP contribution in [0.5, 0.6) is 0 Å². The number of methoxy groups -OCH3 is 1. The molecule has 1 rings (SSSR count). The molecule has 1 aromatic rings. The van der Waals surface area contributed by atoms with Gasteiger partial charge in [-0.05, 0) is 12.1 Å². The van der Waals surface area contributed by atoms with E-state index in [2.05, 4.69) is 10.2 Å². The average molecular weight is 153 g/mol. The zero-order valence-corrected chi connectivity index (χ0v) is 6.41. The lowest BCUT2D eigenvalue weighted by Crippen LogP contribution is -2.03. The first kappa shape index (κ1) is 8.04. The molecule has 0 saturated carbocycles. The third-order valence-electron chi connectivity index (χ3n) is 1.14. The van der Waals surface area contributed by atoms with Crippen LogP contribution in [0.2, 0.25) is 0 Å². The summed E-state index contributed by atoms with van der Waals surface area (Å²) < 4.78 is 4.68. The van der Waals surface area contributed by atoms with Crippen LogP contribution in [0.3, 0.4) is 0 Å². The third-order valence-corrected chi connectivity index (χ3v) is 1.14. The molecule has 3 nitrogen and oxygen atoms in total. The summed E-state index contributed by atoms with van der Waals surface area (Å²) in [6.45, 7) is 0.245. The number of hydrogen-bond donors (Lipinski definition) is 1. The number of para-hydroxylation sites is 1. The Morgan fingerprint density at radius 2 is 2.00 bits per heavy atom. The molecule has 1 aromatic carbocycles. The number of rotatable bonds is 4. The van der Waals surface area contributed by atoms with Crippen LogP contribution in [0.25, 0.3) is 0 Å². The highest BCUT2D eigenvalue weighted by molar-refractivity contribution is 5.39. The summed E-state index contributed by atoms with van der Waals surface area (Å²) in [5.41, 5.74) is 3.64. The standard InChI is InChI=1S/C8H11NO2/c1-10-7-11-9-8-5-3-2-4-6-8/h2-6,9H,7H2,1H3. The molecule has 1 N–H and O–H groups in total. The third kappa shape index (κ3) is 3.02. The monoisotopic (exact) mass is 153 g/mol. The molecule has 0 amide bonds. The first-order chi connectivity index (χ1) is 5.43. The van der Waals surface area contributed by atoms with Crippen molar-refractivity contribution in [2.75, 3.05) is 19.4 Å². The van der Waals surface area contributed by atoms with E-state index in [4.69, 9.17) is 4.84 Å². The van der Waals surface area contributed by atoms with Gasteiger partial charge in [0.15, 0.2) is 6.79 Å². The molecule has 11 heavy (non-hydrogen) atoms. The zero-order valence-electron chi connectivity index (χ0n) is 6.41. The Balaban J connectivity index is 2.28. The molecule has 0 aliphatic carbocycles. The minimum absolute atomic E-state index is 0.245. The summed E-state index contributed by atoms with van der Waals surface area (Å²) in [6, 6.07) is 9.63. The Hall–Kier alpha value is -1.06. The van der Waals surface area contributed by atoms with Crippen molar-refractivity contribution in [3.05, 3.63) is 30.3 Å². The molecule has 0 spiro atoms. The van der Waals surface area contributed by atoms with E-state index in [1.165, 1.54) is 0 Å². The van der Waals surface area contributed by atoms with Crippen LogP contribution in [-0.2, 0) is 9.57 Å². The molecule has 0 atom stereocenters. The van der Waals surface area contributed by atoms with Gasteiger partial charge in [-0.15, -0.1) is 0 Å². The summed E-state index contributed by atoms with van der Waals surface area (Å²) in [5.74, 6) is 0. The minimum atomic E-state index is 0.245. The van der Waals surface area contributed by atoms with E-state index in [-0.39, 0.29) is 6.79 Å². The fourth-order valence-corrected chi connectivity index (χ4v) is 0.678. The molecule has 0 aliphatic rings. The highest BCUT2D eigenvalue weighted by Crippen LogP contribution is 2.03. The molecule has 0 aromatic heterocycles. The highest BCUT2D eigenvalue weighted by atomic mass is 16.7. The Morgan fingerprint density at radius 1 is 1.27 bits per heavy atom. The second-order valence-corrected chi connectivity index (χ2v) is 2.02. The molecular weight excluding hydrogens is 142 g/mol. The second-order valence-electron chi connectivity index (χ2n) is 2.02. The van der Waals surface area contributed by atoms with Gasteiger partial charge in [0.1, 0.15) is 0 Å². The molecular formula is C8H11NO2. The molecule has 0 bridgehead atoms. The van der Waals surface area contributed by atoms with Crippen molar-refractivity contribution >= 4 is 5.69 Å². The molecule has 0 fully saturated rings. The lowest BCUT2D eigenvalue weighted by Gasteiger charge is -2.04. The van der Waals surface area contributed by atoms with E-state index in [1.807, 2.05) is 30.3 Å². The van der Waals surface area contributed by atoms with Crippen LogP contribution < -0.4 is 5.48 Å². The Morgan fingerprint density at radius 3 is 2.64 bits per heavy atom. The predicted molar refractivity (Wildman–Crippen MR) is 43.0 cm³/mol. The summed E-state index contributed by atoms with van der Waals surface area (Å²) in [4.78, 5) is 4.90. The molecule has 0 heterocycles. The number of benzene rings is 1. The topological polar surface area (TPSA) is 30.5 Å². The number of nitrogens with one attached hydrogen (secondary N) is 1. The summed E-state index contributed by atoms with van der Waals surface area (Å²) in [5, 5.41) is 0. The van der Waals surface area contributed by atoms with Crippen LogP contribution in [-0.4, -0.2) is 13.9 Å². The van der Waals surface area contributed by atoms with Crippen LogP contribution >= 0.6 is 0 Å². The van der Waals surface area contributed by atoms with E-state index in [0.29, 0.717) is 0 Å². The summed E-state index contributed by atoms with van der Waals surface area (Å²) >= 11 is 0. The lowest BCUT2D eigenvalue weighted by atomic mass is 10.3. The van der Waals surface area contributed by atoms with Crippen molar-refractivity contribution in [2.45, 2.75) is 0 Å². The molecule has 0 aliphatic heterocycles. The van der Waals surface area contributed by atoms with E-state index >= 15 is 0 Å². The number of ether oxygens (including phenoxy) is 1. The normalized spacial score (nSPS) is 9.55. The van der Waals surface area contributed by atoms with Gasteiger partial charge in [0.25, 0.3) is 0 Å². The van der Waals surface area contributed by atoms with Crippen molar-refractivity contribution in [3.63, 3.8) is 0 Å². The number of hydrogen-bond acceptors (Lipinski definition) is 3. The van der Waals surface area contributed by atoms with Crippen molar-refractivity contribution in [3.8, 4) is 0 Å². The molecule has 0 unspecified atom stereocenters. The maximum atomic E-state index is 4.90. The van der Waals surface area contributed by atoms with Gasteiger partial charge >= 0.3 is 0 Å². The molecule has 0 saturated heterocycles. The lowest BCUT2D eigenvalue weighted by molar-refractivity contribution is -0.00397. The van der Waals surface area contributed by atoms with Gasteiger partial charge in [-0.3, -0.25) is 5.48 Å². The van der Waals surface area contributed by atoms with Gasteiger partial charge in [-0.2, -0.15) is 0 Å². The van der Waals surface area contributed by atoms with Crippen LogP contribution in [0.15, 0.2) is 30.3 Å². The Kier molecular flexibility index (Phi) is 3.44. The van der Waals surface area contributed by atoms with Crippen molar-refractivity contribution in [1.82, 2.24) is 0 Å². The fraction of sp³-hybridized carbons (Fsp3) is 0.250. The zero-order chi connectivity index (χ0) is 7.94. The smallest absolute Gasteiger partial charge is 0.172 e. The Labute approximate surface area is 65.9 Å². The molecule has 0 radical (unpaired) electrons. The largest absolute Gasteiger partial charge is 0.356 e. The first-order valence-electron chi connectivity index (χ1n) is 3.35. The summed E-state index contributed by atoms with van der Waals surface area (Å²) in [7, 11) is 1.58. The highest BCUT2D eigenvalue weighted by Gasteiger charge is 1.86. The van der Waals surface area contributed by atoms with E-state index in [0.717, 1.165) is 5.69 Å². The van der Waals surface area contributed by atoms with Gasteiger partial charge < -0.3 is 4.74 Å². The molecule has 3 heteroatoms. The summed E-state index contributed by atoms with van der Waals surface area (Å²) in [6.07, 6.45) is 0. The predicted octanol–water partition coefficient (Wildman–Crippen LogP) is 1.63. The van der Waals surface area contributed by atoms with Crippen molar-refractivity contribution in [2.24, 2.45) is 0 Å². The van der Waals surface area contributed by atoms with E-state index in [1.54, 1.807) is 7.11 Å². The van der Waals surface area contributed by atoms with Gasteiger partial charge in [-0.1, -0.05) is 18.2 Å². The van der Waals surface area contributed by atoms with Crippen molar-refractivity contribution in [1.29, 1.82) is 0 Å². The number of anilines is 1. The van der Waals surface area contributed by atoms with Gasteiger partial charge in [0.05, 0.1) is 5.69 Å². The van der Waals surface area contributed by atoms with E-state index in [9.17, 15) is 0 Å². The van der Waals surface area contributed by atoms with Crippen LogP contribution in [0, 0.1) is 0 Å². The second kappa shape index (κ2) is 4.71. The maximum absolute atomic E-state index is 4.90. The van der Waals surface area contributed by atoms with Crippen LogP contribution in [0.1, 0.15) is 0 Å². The van der Waals surface area contributed by atoms with Gasteiger partial charge in [0.2, 0.25) is 0 Å². The van der Waals surface area contributed by atoms with Gasteiger partial charge in [0, 0.05) is 7.11 Å². The van der Waals surface area contributed by atoms with Gasteiger partial charge in [-0.25, -0.2) is 4.84 Å². The Bertz CT molecular complexity index is 189. The minimum Gasteiger partial charge on any atom is -0.356 e. The van der Waals surface area contributed by atoms with Crippen LogP contribution in [0.4, 0.5) is 5.69 Å². The average Bonchev–Trinajstić information content (AvgIpc) is 2.07.